The number of carbonyl (C=O) groups excluding carboxylic acids is 1. The summed E-state index contributed by atoms with van der Waals surface area (Å²) in [7, 11) is 0. The molecule has 1 aromatic rings. The zero-order valence-electron chi connectivity index (χ0n) is 10.2. The summed E-state index contributed by atoms with van der Waals surface area (Å²) >= 11 is 0. The van der Waals surface area contributed by atoms with Crippen molar-refractivity contribution in [2.24, 2.45) is 0 Å². The topological polar surface area (TPSA) is 38.3 Å². The van der Waals surface area contributed by atoms with Crippen LogP contribution < -0.4 is 5.32 Å². The van der Waals surface area contributed by atoms with E-state index >= 15 is 0 Å². The Balaban J connectivity index is 2.37. The van der Waals surface area contributed by atoms with E-state index in [1.807, 2.05) is 0 Å². The summed E-state index contributed by atoms with van der Waals surface area (Å²) in [4.78, 5) is 11.4. The van der Waals surface area contributed by atoms with Gasteiger partial charge in [0.1, 0.15) is 12.4 Å². The number of anilines is 1. The van der Waals surface area contributed by atoms with E-state index < -0.39 is 24.5 Å². The minimum absolute atomic E-state index is 0.230. The summed E-state index contributed by atoms with van der Waals surface area (Å²) in [5, 5.41) is 2.41. The molecule has 0 atom stereocenters. The van der Waals surface area contributed by atoms with E-state index in [2.05, 4.69) is 10.1 Å². The molecule has 19 heavy (non-hydrogen) atoms. The van der Waals surface area contributed by atoms with Crippen molar-refractivity contribution in [2.75, 3.05) is 18.5 Å². The molecule has 0 aromatic heterocycles. The number of ether oxygens (including phenoxy) is 1. The predicted molar refractivity (Wildman–Crippen MR) is 61.3 cm³/mol. The highest BCUT2D eigenvalue weighted by Crippen LogP contribution is 2.16. The van der Waals surface area contributed by atoms with Crippen LogP contribution in [-0.4, -0.2) is 25.3 Å². The molecule has 1 aromatic carbocycles. The number of hydrogen-bond donors (Lipinski definition) is 1. The largest absolute Gasteiger partial charge is 0.411 e. The molecular formula is C12H13F4NO2. The lowest BCUT2D eigenvalue weighted by Gasteiger charge is -2.09. The zero-order valence-corrected chi connectivity index (χ0v) is 10.2. The van der Waals surface area contributed by atoms with Crippen molar-refractivity contribution in [2.45, 2.75) is 19.5 Å². The lowest BCUT2D eigenvalue weighted by Crippen LogP contribution is -2.20. The summed E-state index contributed by atoms with van der Waals surface area (Å²) in [6.07, 6.45) is -4.64. The van der Waals surface area contributed by atoms with Crippen LogP contribution in [0.15, 0.2) is 18.2 Å². The number of hydrogen-bond acceptors (Lipinski definition) is 2. The SMILES string of the molecule is Cc1ccc(F)cc1NC(=O)CCOCC(F)(F)F. The number of rotatable bonds is 5. The molecule has 0 unspecified atom stereocenters. The monoisotopic (exact) mass is 279 g/mol. The molecule has 7 heteroatoms. The highest BCUT2D eigenvalue weighted by atomic mass is 19.4. The Hall–Kier alpha value is -1.63. The number of benzene rings is 1. The van der Waals surface area contributed by atoms with Gasteiger partial charge >= 0.3 is 6.18 Å². The fourth-order valence-electron chi connectivity index (χ4n) is 1.29. The van der Waals surface area contributed by atoms with E-state index in [1.165, 1.54) is 12.1 Å². The first-order valence-corrected chi connectivity index (χ1v) is 5.48. The molecule has 3 nitrogen and oxygen atoms in total. The Morgan fingerprint density at radius 1 is 1.37 bits per heavy atom. The van der Waals surface area contributed by atoms with Crippen molar-refractivity contribution >= 4 is 11.6 Å². The average Bonchev–Trinajstić information content (AvgIpc) is 2.28. The second-order valence-corrected chi connectivity index (χ2v) is 3.93. The van der Waals surface area contributed by atoms with Crippen molar-refractivity contribution in [3.8, 4) is 0 Å². The molecule has 0 aliphatic heterocycles. The molecule has 0 radical (unpaired) electrons. The van der Waals surface area contributed by atoms with Crippen LogP contribution in [-0.2, 0) is 9.53 Å². The van der Waals surface area contributed by atoms with Gasteiger partial charge in [-0.3, -0.25) is 4.79 Å². The Morgan fingerprint density at radius 3 is 2.68 bits per heavy atom. The first-order chi connectivity index (χ1) is 8.78. The first-order valence-electron chi connectivity index (χ1n) is 5.48. The lowest BCUT2D eigenvalue weighted by molar-refractivity contribution is -0.174. The standard InChI is InChI=1S/C12H13F4NO2/c1-8-2-3-9(13)6-10(8)17-11(18)4-5-19-7-12(14,15)16/h2-3,6H,4-5,7H2,1H3,(H,17,18). The third-order valence-corrected chi connectivity index (χ3v) is 2.21. The van der Waals surface area contributed by atoms with Crippen molar-refractivity contribution in [3.63, 3.8) is 0 Å². The average molecular weight is 279 g/mol. The Kier molecular flexibility index (Phi) is 5.29. The molecule has 1 amide bonds. The van der Waals surface area contributed by atoms with E-state index in [0.717, 1.165) is 6.07 Å². The van der Waals surface area contributed by atoms with Crippen LogP contribution in [0.1, 0.15) is 12.0 Å². The zero-order chi connectivity index (χ0) is 14.5. The summed E-state index contributed by atoms with van der Waals surface area (Å²) in [5.41, 5.74) is 0.951. The second-order valence-electron chi connectivity index (χ2n) is 3.93. The quantitative estimate of drug-likeness (QED) is 0.664. The molecule has 0 heterocycles. The van der Waals surface area contributed by atoms with Crippen molar-refractivity contribution in [3.05, 3.63) is 29.6 Å². The maximum Gasteiger partial charge on any atom is 0.411 e. The fraction of sp³-hybridized carbons (Fsp3) is 0.417. The molecule has 0 saturated carbocycles. The Bertz CT molecular complexity index is 446. The molecule has 0 aliphatic carbocycles. The maximum atomic E-state index is 12.9. The number of aryl methyl sites for hydroxylation is 1. The molecule has 0 spiro atoms. The van der Waals surface area contributed by atoms with Crippen molar-refractivity contribution in [1.29, 1.82) is 0 Å². The van der Waals surface area contributed by atoms with Gasteiger partial charge in [0.2, 0.25) is 5.91 Å². The smallest absolute Gasteiger partial charge is 0.372 e. The maximum absolute atomic E-state index is 12.9. The van der Waals surface area contributed by atoms with Gasteiger partial charge in [-0.15, -0.1) is 0 Å². The highest BCUT2D eigenvalue weighted by Gasteiger charge is 2.27. The van der Waals surface area contributed by atoms with Crippen LogP contribution in [0.25, 0.3) is 0 Å². The summed E-state index contributed by atoms with van der Waals surface area (Å²) in [6, 6.07) is 3.88. The van der Waals surface area contributed by atoms with Gasteiger partial charge in [0.25, 0.3) is 0 Å². The second kappa shape index (κ2) is 6.51. The van der Waals surface area contributed by atoms with Gasteiger partial charge in [-0.05, 0) is 24.6 Å². The van der Waals surface area contributed by atoms with Gasteiger partial charge in [0.15, 0.2) is 0 Å². The van der Waals surface area contributed by atoms with E-state index in [4.69, 9.17) is 0 Å². The molecule has 1 N–H and O–H groups in total. The van der Waals surface area contributed by atoms with E-state index in [-0.39, 0.29) is 13.0 Å². The highest BCUT2D eigenvalue weighted by molar-refractivity contribution is 5.91. The minimum Gasteiger partial charge on any atom is -0.372 e. The van der Waals surface area contributed by atoms with E-state index in [9.17, 15) is 22.4 Å². The van der Waals surface area contributed by atoms with Crippen LogP contribution in [0.2, 0.25) is 0 Å². The van der Waals surface area contributed by atoms with Gasteiger partial charge in [0.05, 0.1) is 13.0 Å². The summed E-state index contributed by atoms with van der Waals surface area (Å²) in [6.45, 7) is -0.0613. The Labute approximate surface area is 107 Å². The van der Waals surface area contributed by atoms with Gasteiger partial charge in [-0.1, -0.05) is 6.07 Å². The van der Waals surface area contributed by atoms with Gasteiger partial charge in [0, 0.05) is 5.69 Å². The summed E-state index contributed by atoms with van der Waals surface area (Å²) < 4.78 is 52.5. The minimum atomic E-state index is -4.41. The van der Waals surface area contributed by atoms with Crippen molar-refractivity contribution in [1.82, 2.24) is 0 Å². The molecule has 1 rings (SSSR count). The van der Waals surface area contributed by atoms with E-state index in [0.29, 0.717) is 11.3 Å². The van der Waals surface area contributed by atoms with Gasteiger partial charge < -0.3 is 10.1 Å². The van der Waals surface area contributed by atoms with Crippen LogP contribution in [0.4, 0.5) is 23.2 Å². The molecular weight excluding hydrogens is 266 g/mol. The third kappa shape index (κ3) is 6.19. The first kappa shape index (κ1) is 15.4. The molecule has 106 valence electrons. The van der Waals surface area contributed by atoms with Crippen LogP contribution in [0, 0.1) is 12.7 Å². The fourth-order valence-corrected chi connectivity index (χ4v) is 1.29. The van der Waals surface area contributed by atoms with Crippen LogP contribution in [0.3, 0.4) is 0 Å². The van der Waals surface area contributed by atoms with Crippen molar-refractivity contribution < 1.29 is 27.1 Å². The summed E-state index contributed by atoms with van der Waals surface area (Å²) in [5.74, 6) is -1.04. The van der Waals surface area contributed by atoms with E-state index in [1.54, 1.807) is 6.92 Å². The third-order valence-electron chi connectivity index (χ3n) is 2.21. The predicted octanol–water partition coefficient (Wildman–Crippen LogP) is 3.04. The molecule has 0 saturated heterocycles. The number of amides is 1. The van der Waals surface area contributed by atoms with Crippen LogP contribution in [0.5, 0.6) is 0 Å². The van der Waals surface area contributed by atoms with Crippen LogP contribution >= 0.6 is 0 Å². The number of nitrogens with one attached hydrogen (secondary N) is 1. The lowest BCUT2D eigenvalue weighted by atomic mass is 10.2. The number of halogens is 4. The number of alkyl halides is 3. The Morgan fingerprint density at radius 2 is 2.05 bits per heavy atom. The molecule has 0 bridgehead atoms. The molecule has 0 aliphatic rings. The molecule has 0 fully saturated rings. The normalized spacial score (nSPS) is 11.4. The van der Waals surface area contributed by atoms with Gasteiger partial charge in [-0.25, -0.2) is 4.39 Å². The number of carbonyl (C=O) groups is 1. The van der Waals surface area contributed by atoms with Gasteiger partial charge in [-0.2, -0.15) is 13.2 Å².